The van der Waals surface area contributed by atoms with E-state index in [9.17, 15) is 9.90 Å². The zero-order valence-corrected chi connectivity index (χ0v) is 26.4. The van der Waals surface area contributed by atoms with Gasteiger partial charge in [-0.2, -0.15) is 0 Å². The molecule has 0 saturated carbocycles. The molecule has 0 rings (SSSR count). The summed E-state index contributed by atoms with van der Waals surface area (Å²) in [6.45, 7) is 5.33. The maximum atomic E-state index is 12.1. The topological polar surface area (TPSA) is 55.8 Å². The Morgan fingerprint density at radius 2 is 1.00 bits per heavy atom. The second kappa shape index (κ2) is 33.3. The minimum atomic E-state index is -0.528. The van der Waals surface area contributed by atoms with Gasteiger partial charge in [0, 0.05) is 13.0 Å². The van der Waals surface area contributed by atoms with E-state index in [4.69, 9.17) is 9.47 Å². The number of aliphatic hydroxyl groups is 1. The Kier molecular flexibility index (Phi) is 32.6. The van der Waals surface area contributed by atoms with Gasteiger partial charge in [0.2, 0.25) is 0 Å². The van der Waals surface area contributed by atoms with E-state index >= 15 is 0 Å². The predicted molar refractivity (Wildman–Crippen MR) is 168 cm³/mol. The molecule has 39 heavy (non-hydrogen) atoms. The maximum absolute atomic E-state index is 12.1. The van der Waals surface area contributed by atoms with E-state index in [0.717, 1.165) is 19.3 Å². The number of hydrogen-bond donors (Lipinski definition) is 1. The predicted octanol–water partition coefficient (Wildman–Crippen LogP) is 10.6. The van der Waals surface area contributed by atoms with Gasteiger partial charge in [-0.15, -0.1) is 0 Å². The fourth-order valence-electron chi connectivity index (χ4n) is 4.97. The number of unbranched alkanes of at least 4 members (excludes halogenated alkanes) is 22. The number of allylic oxidation sites excluding steroid dienone is 2. The van der Waals surface area contributed by atoms with Crippen molar-refractivity contribution in [1.29, 1.82) is 0 Å². The number of esters is 1. The molecule has 0 aromatic heterocycles. The molecule has 0 radical (unpaired) electrons. The lowest BCUT2D eigenvalue weighted by molar-refractivity contribution is -0.154. The van der Waals surface area contributed by atoms with Gasteiger partial charge in [0.1, 0.15) is 6.10 Å². The zero-order valence-electron chi connectivity index (χ0n) is 26.4. The van der Waals surface area contributed by atoms with Crippen LogP contribution in [0.3, 0.4) is 0 Å². The zero-order chi connectivity index (χ0) is 28.5. The van der Waals surface area contributed by atoms with Gasteiger partial charge in [0.05, 0.1) is 13.2 Å². The Bertz CT molecular complexity index is 505. The largest absolute Gasteiger partial charge is 0.457 e. The maximum Gasteiger partial charge on any atom is 0.306 e. The lowest BCUT2D eigenvalue weighted by Gasteiger charge is -2.15. The molecular weight excluding hydrogens is 484 g/mol. The van der Waals surface area contributed by atoms with Crippen molar-refractivity contribution in [3.63, 3.8) is 0 Å². The van der Waals surface area contributed by atoms with Gasteiger partial charge in [-0.3, -0.25) is 4.79 Å². The summed E-state index contributed by atoms with van der Waals surface area (Å²) in [6.07, 6.45) is 36.7. The molecule has 0 aliphatic heterocycles. The third kappa shape index (κ3) is 31.5. The van der Waals surface area contributed by atoms with Crippen LogP contribution in [0.1, 0.15) is 181 Å². The van der Waals surface area contributed by atoms with Crippen LogP contribution in [0.2, 0.25) is 0 Å². The lowest BCUT2D eigenvalue weighted by atomic mass is 10.1. The molecular formula is C35H68O4. The summed E-state index contributed by atoms with van der Waals surface area (Å²) in [5.41, 5.74) is 0. The minimum absolute atomic E-state index is 0.169. The average molecular weight is 553 g/mol. The number of ether oxygens (including phenoxy) is 2. The second-order valence-corrected chi connectivity index (χ2v) is 11.6. The van der Waals surface area contributed by atoms with Crippen LogP contribution < -0.4 is 0 Å². The first kappa shape index (κ1) is 38.1. The third-order valence-electron chi connectivity index (χ3n) is 7.59. The van der Waals surface area contributed by atoms with Crippen LogP contribution in [0.5, 0.6) is 0 Å². The highest BCUT2D eigenvalue weighted by molar-refractivity contribution is 5.69. The number of rotatable bonds is 32. The standard InChI is InChI=1S/C35H68O4/c1-3-5-7-9-11-13-15-16-17-18-19-21-23-25-27-29-31-38-33-34(32-36)39-35(37)30-28-26-24-22-20-14-12-10-8-6-4-2/h16-17,34,36H,3-15,18-33H2,1-2H3/b17-16-. The van der Waals surface area contributed by atoms with Gasteiger partial charge in [-0.05, 0) is 38.5 Å². The second-order valence-electron chi connectivity index (χ2n) is 11.6. The van der Waals surface area contributed by atoms with E-state index in [-0.39, 0.29) is 12.6 Å². The summed E-state index contributed by atoms with van der Waals surface area (Å²) in [7, 11) is 0. The van der Waals surface area contributed by atoms with Crippen LogP contribution in [-0.4, -0.2) is 37.0 Å². The van der Waals surface area contributed by atoms with Crippen LogP contribution >= 0.6 is 0 Å². The van der Waals surface area contributed by atoms with Crippen molar-refractivity contribution in [3.05, 3.63) is 12.2 Å². The van der Waals surface area contributed by atoms with Crippen LogP contribution in [0.4, 0.5) is 0 Å². The van der Waals surface area contributed by atoms with Gasteiger partial charge in [-0.1, -0.05) is 148 Å². The lowest BCUT2D eigenvalue weighted by Crippen LogP contribution is -2.27. The SMILES string of the molecule is CCCCCCCC/C=C\CCCCCCCCOCC(CO)OC(=O)CCCCCCCCCCCCC. The molecule has 0 saturated heterocycles. The van der Waals surface area contributed by atoms with Crippen molar-refractivity contribution in [1.82, 2.24) is 0 Å². The molecule has 0 aromatic rings. The van der Waals surface area contributed by atoms with Crippen molar-refractivity contribution in [2.45, 2.75) is 187 Å². The van der Waals surface area contributed by atoms with E-state index in [1.807, 2.05) is 0 Å². The molecule has 0 heterocycles. The highest BCUT2D eigenvalue weighted by Crippen LogP contribution is 2.13. The Balaban J connectivity index is 3.42. The van der Waals surface area contributed by atoms with Gasteiger partial charge in [0.25, 0.3) is 0 Å². The number of aliphatic hydroxyl groups excluding tert-OH is 1. The normalized spacial score (nSPS) is 12.4. The molecule has 1 unspecified atom stereocenters. The molecule has 1 atom stereocenters. The molecule has 0 amide bonds. The smallest absolute Gasteiger partial charge is 0.306 e. The Morgan fingerprint density at radius 1 is 0.590 bits per heavy atom. The molecule has 0 bridgehead atoms. The van der Waals surface area contributed by atoms with Crippen molar-refractivity contribution in [2.24, 2.45) is 0 Å². The number of carbonyl (C=O) groups is 1. The molecule has 0 aliphatic carbocycles. The summed E-state index contributed by atoms with van der Waals surface area (Å²) >= 11 is 0. The summed E-state index contributed by atoms with van der Waals surface area (Å²) in [4.78, 5) is 12.1. The molecule has 0 spiro atoms. The van der Waals surface area contributed by atoms with Gasteiger partial charge < -0.3 is 14.6 Å². The Labute approximate surface area is 244 Å². The van der Waals surface area contributed by atoms with Gasteiger partial charge >= 0.3 is 5.97 Å². The third-order valence-corrected chi connectivity index (χ3v) is 7.59. The van der Waals surface area contributed by atoms with E-state index in [2.05, 4.69) is 26.0 Å². The fourth-order valence-corrected chi connectivity index (χ4v) is 4.97. The molecule has 4 nitrogen and oxygen atoms in total. The van der Waals surface area contributed by atoms with E-state index in [1.165, 1.54) is 141 Å². The van der Waals surface area contributed by atoms with Crippen LogP contribution in [0.25, 0.3) is 0 Å². The van der Waals surface area contributed by atoms with Crippen LogP contribution in [0, 0.1) is 0 Å². The average Bonchev–Trinajstić information content (AvgIpc) is 2.94. The van der Waals surface area contributed by atoms with E-state index < -0.39 is 6.10 Å². The van der Waals surface area contributed by atoms with E-state index in [1.54, 1.807) is 0 Å². The first-order valence-electron chi connectivity index (χ1n) is 17.3. The minimum Gasteiger partial charge on any atom is -0.457 e. The molecule has 232 valence electrons. The van der Waals surface area contributed by atoms with Gasteiger partial charge in [0.15, 0.2) is 0 Å². The van der Waals surface area contributed by atoms with Crippen LogP contribution in [-0.2, 0) is 14.3 Å². The van der Waals surface area contributed by atoms with Crippen molar-refractivity contribution in [3.8, 4) is 0 Å². The first-order valence-corrected chi connectivity index (χ1v) is 17.3. The van der Waals surface area contributed by atoms with Crippen LogP contribution in [0.15, 0.2) is 12.2 Å². The van der Waals surface area contributed by atoms with Gasteiger partial charge in [-0.25, -0.2) is 0 Å². The summed E-state index contributed by atoms with van der Waals surface area (Å²) < 4.78 is 11.1. The first-order chi connectivity index (χ1) is 19.2. The summed E-state index contributed by atoms with van der Waals surface area (Å²) in [5, 5.41) is 9.52. The highest BCUT2D eigenvalue weighted by atomic mass is 16.6. The summed E-state index contributed by atoms with van der Waals surface area (Å²) in [5.74, 6) is -0.203. The Hall–Kier alpha value is -0.870. The van der Waals surface area contributed by atoms with Crippen molar-refractivity contribution >= 4 is 5.97 Å². The van der Waals surface area contributed by atoms with E-state index in [0.29, 0.717) is 19.6 Å². The molecule has 0 fully saturated rings. The Morgan fingerprint density at radius 3 is 1.46 bits per heavy atom. The fraction of sp³-hybridized carbons (Fsp3) is 0.914. The molecule has 1 N–H and O–H groups in total. The monoisotopic (exact) mass is 553 g/mol. The summed E-state index contributed by atoms with van der Waals surface area (Å²) in [6, 6.07) is 0. The molecule has 0 aliphatic rings. The highest BCUT2D eigenvalue weighted by Gasteiger charge is 2.13. The molecule has 0 aromatic carbocycles. The molecule has 4 heteroatoms. The number of hydrogen-bond acceptors (Lipinski definition) is 4. The number of carbonyl (C=O) groups excluding carboxylic acids is 1. The van der Waals surface area contributed by atoms with Crippen molar-refractivity contribution in [2.75, 3.05) is 19.8 Å². The quantitative estimate of drug-likeness (QED) is 0.0512. The van der Waals surface area contributed by atoms with Crippen molar-refractivity contribution < 1.29 is 19.4 Å².